The number of carbonyl (C=O) groups is 1. The first kappa shape index (κ1) is 20.9. The fourth-order valence-corrected chi connectivity index (χ4v) is 5.31. The molecule has 2 fully saturated rings. The summed E-state index contributed by atoms with van der Waals surface area (Å²) >= 11 is 0. The lowest BCUT2D eigenvalue weighted by Crippen LogP contribution is -2.44. The highest BCUT2D eigenvalue weighted by atomic mass is 32.2. The Bertz CT molecular complexity index is 1020. The largest absolute Gasteiger partial charge is 0.335 e. The lowest BCUT2D eigenvalue weighted by molar-refractivity contribution is -0.138. The predicted molar refractivity (Wildman–Crippen MR) is 106 cm³/mol. The van der Waals surface area contributed by atoms with E-state index in [4.69, 9.17) is 0 Å². The summed E-state index contributed by atoms with van der Waals surface area (Å²) in [5.41, 5.74) is 0.969. The molecule has 2 aliphatic rings. The second-order valence-corrected chi connectivity index (χ2v) is 9.75. The molecule has 160 valence electrons. The Labute approximate surface area is 174 Å². The molecule has 0 N–H and O–H groups in total. The Kier molecular flexibility index (Phi) is 5.84. The summed E-state index contributed by atoms with van der Waals surface area (Å²) in [4.78, 5) is 18.9. The molecule has 1 aliphatic carbocycles. The lowest BCUT2D eigenvalue weighted by Gasteiger charge is -2.34. The number of pyridine rings is 1. The summed E-state index contributed by atoms with van der Waals surface area (Å²) in [6.07, 6.45) is 6.20. The summed E-state index contributed by atoms with van der Waals surface area (Å²) < 4.78 is 53.4. The van der Waals surface area contributed by atoms with Crippen LogP contribution in [0.2, 0.25) is 0 Å². The normalized spacial score (nSPS) is 18.3. The van der Waals surface area contributed by atoms with Gasteiger partial charge in [-0.25, -0.2) is 17.2 Å². The number of hydrogen-bond donors (Lipinski definition) is 0. The van der Waals surface area contributed by atoms with Crippen LogP contribution in [0.25, 0.3) is 0 Å². The Balaban J connectivity index is 1.41. The van der Waals surface area contributed by atoms with Crippen LogP contribution in [0.4, 0.5) is 8.78 Å². The van der Waals surface area contributed by atoms with Gasteiger partial charge in [0.25, 0.3) is 0 Å². The number of amides is 1. The van der Waals surface area contributed by atoms with Crippen molar-refractivity contribution in [3.8, 4) is 0 Å². The van der Waals surface area contributed by atoms with E-state index in [0.29, 0.717) is 25.5 Å². The smallest absolute Gasteiger partial charge is 0.243 e. The number of benzene rings is 1. The minimum Gasteiger partial charge on any atom is -0.335 e. The number of sulfonamides is 1. The molecule has 1 aromatic heterocycles. The van der Waals surface area contributed by atoms with Crippen molar-refractivity contribution in [2.45, 2.75) is 43.2 Å². The van der Waals surface area contributed by atoms with E-state index < -0.39 is 21.7 Å². The summed E-state index contributed by atoms with van der Waals surface area (Å²) in [5, 5.41) is 0. The van der Waals surface area contributed by atoms with Crippen molar-refractivity contribution in [2.75, 3.05) is 13.1 Å². The van der Waals surface area contributed by atoms with Gasteiger partial charge < -0.3 is 4.90 Å². The molecule has 1 amide bonds. The monoisotopic (exact) mass is 435 g/mol. The second kappa shape index (κ2) is 8.39. The number of aromatic nitrogens is 1. The summed E-state index contributed by atoms with van der Waals surface area (Å²) in [7, 11) is -3.93. The van der Waals surface area contributed by atoms with Crippen molar-refractivity contribution < 1.29 is 22.0 Å². The summed E-state index contributed by atoms with van der Waals surface area (Å²) in [6, 6.07) is 6.59. The summed E-state index contributed by atoms with van der Waals surface area (Å²) in [6.45, 7) is 0.844. The van der Waals surface area contributed by atoms with Crippen LogP contribution in [0.5, 0.6) is 0 Å². The minimum atomic E-state index is -3.93. The maximum Gasteiger partial charge on any atom is 0.243 e. The first-order valence-electron chi connectivity index (χ1n) is 10.0. The van der Waals surface area contributed by atoms with Crippen molar-refractivity contribution >= 4 is 15.9 Å². The molecule has 6 nitrogen and oxygen atoms in total. The van der Waals surface area contributed by atoms with Gasteiger partial charge >= 0.3 is 0 Å². The molecule has 0 radical (unpaired) electrons. The third kappa shape index (κ3) is 4.37. The SMILES string of the molecule is O=C(C1CCN(S(=O)(=O)c2ccc(F)c(F)c2)CC1)N(Cc1cccnc1)C1CC1. The molecule has 4 rings (SSSR count). The zero-order valence-electron chi connectivity index (χ0n) is 16.4. The molecule has 0 unspecified atom stereocenters. The second-order valence-electron chi connectivity index (χ2n) is 7.81. The molecule has 1 aliphatic heterocycles. The first-order chi connectivity index (χ1) is 14.4. The number of hydrogen-bond acceptors (Lipinski definition) is 4. The number of rotatable bonds is 6. The Morgan fingerprint density at radius 1 is 1.10 bits per heavy atom. The maximum absolute atomic E-state index is 13.5. The molecule has 0 atom stereocenters. The van der Waals surface area contributed by atoms with E-state index >= 15 is 0 Å². The van der Waals surface area contributed by atoms with Gasteiger partial charge in [-0.1, -0.05) is 6.07 Å². The van der Waals surface area contributed by atoms with E-state index in [1.165, 1.54) is 4.31 Å². The van der Waals surface area contributed by atoms with Crippen LogP contribution in [0.1, 0.15) is 31.2 Å². The zero-order valence-corrected chi connectivity index (χ0v) is 17.2. The fourth-order valence-electron chi connectivity index (χ4n) is 3.83. The molecule has 1 saturated heterocycles. The molecule has 9 heteroatoms. The molecular weight excluding hydrogens is 412 g/mol. The van der Waals surface area contributed by atoms with Crippen molar-refractivity contribution in [1.29, 1.82) is 0 Å². The Morgan fingerprint density at radius 3 is 2.43 bits per heavy atom. The average Bonchev–Trinajstić information content (AvgIpc) is 3.59. The average molecular weight is 435 g/mol. The van der Waals surface area contributed by atoms with Gasteiger partial charge in [0.05, 0.1) is 4.90 Å². The van der Waals surface area contributed by atoms with Gasteiger partial charge in [-0.15, -0.1) is 0 Å². The number of halogens is 2. The highest BCUT2D eigenvalue weighted by Crippen LogP contribution is 2.32. The van der Waals surface area contributed by atoms with E-state index in [1.54, 1.807) is 12.4 Å². The van der Waals surface area contributed by atoms with Crippen molar-refractivity contribution in [3.63, 3.8) is 0 Å². The quantitative estimate of drug-likeness (QED) is 0.700. The van der Waals surface area contributed by atoms with Crippen LogP contribution < -0.4 is 0 Å². The molecule has 1 aromatic carbocycles. The molecule has 0 bridgehead atoms. The molecule has 2 aromatic rings. The van der Waals surface area contributed by atoms with Gasteiger partial charge in [-0.3, -0.25) is 9.78 Å². The molecule has 2 heterocycles. The van der Waals surface area contributed by atoms with Crippen molar-refractivity contribution in [1.82, 2.24) is 14.2 Å². The number of nitrogens with zero attached hydrogens (tertiary/aromatic N) is 3. The van der Waals surface area contributed by atoms with Crippen LogP contribution in [-0.2, 0) is 21.4 Å². The lowest BCUT2D eigenvalue weighted by atomic mass is 9.96. The van der Waals surface area contributed by atoms with Crippen LogP contribution in [0.15, 0.2) is 47.6 Å². The Morgan fingerprint density at radius 2 is 1.83 bits per heavy atom. The Hall–Kier alpha value is -2.39. The molecule has 30 heavy (non-hydrogen) atoms. The van der Waals surface area contributed by atoms with E-state index in [0.717, 1.165) is 30.5 Å². The summed E-state index contributed by atoms with van der Waals surface area (Å²) in [5.74, 6) is -2.49. The topological polar surface area (TPSA) is 70.6 Å². The van der Waals surface area contributed by atoms with Crippen molar-refractivity contribution in [2.24, 2.45) is 5.92 Å². The number of carbonyl (C=O) groups excluding carboxylic acids is 1. The molecule has 0 spiro atoms. The minimum absolute atomic E-state index is 0.0474. The van der Waals surface area contributed by atoms with Gasteiger partial charge in [-0.05, 0) is 55.5 Å². The number of piperidine rings is 1. The van der Waals surface area contributed by atoms with Gasteiger partial charge in [-0.2, -0.15) is 4.31 Å². The van der Waals surface area contributed by atoms with Gasteiger partial charge in [0.2, 0.25) is 15.9 Å². The van der Waals surface area contributed by atoms with Crippen LogP contribution in [-0.4, -0.2) is 47.6 Å². The van der Waals surface area contributed by atoms with E-state index in [1.807, 2.05) is 17.0 Å². The molecular formula is C21H23F2N3O3S. The third-order valence-corrected chi connectivity index (χ3v) is 7.57. The van der Waals surface area contributed by atoms with Crippen LogP contribution >= 0.6 is 0 Å². The standard InChI is InChI=1S/C21H23F2N3O3S/c22-19-6-5-18(12-20(19)23)30(28,29)25-10-7-16(8-11-25)21(27)26(17-3-4-17)14-15-2-1-9-24-13-15/h1-2,5-6,9,12-13,16-17H,3-4,7-8,10-11,14H2. The van der Waals surface area contributed by atoms with Gasteiger partial charge in [0.1, 0.15) is 0 Å². The van der Waals surface area contributed by atoms with Crippen molar-refractivity contribution in [3.05, 3.63) is 59.9 Å². The van der Waals surface area contributed by atoms with Gasteiger partial charge in [0.15, 0.2) is 11.6 Å². The third-order valence-electron chi connectivity index (χ3n) is 5.68. The highest BCUT2D eigenvalue weighted by Gasteiger charge is 2.38. The van der Waals surface area contributed by atoms with E-state index in [2.05, 4.69) is 4.98 Å². The highest BCUT2D eigenvalue weighted by molar-refractivity contribution is 7.89. The van der Waals surface area contributed by atoms with Crippen LogP contribution in [0, 0.1) is 17.6 Å². The predicted octanol–water partition coefficient (Wildman–Crippen LogP) is 2.95. The first-order valence-corrected chi connectivity index (χ1v) is 11.4. The van der Waals surface area contributed by atoms with E-state index in [9.17, 15) is 22.0 Å². The van der Waals surface area contributed by atoms with E-state index in [-0.39, 0.29) is 35.9 Å². The maximum atomic E-state index is 13.5. The molecule has 1 saturated carbocycles. The zero-order chi connectivity index (χ0) is 21.3. The van der Waals surface area contributed by atoms with Gasteiger partial charge in [0, 0.05) is 44.0 Å². The fraction of sp³-hybridized carbons (Fsp3) is 0.429. The van der Waals surface area contributed by atoms with Crippen LogP contribution in [0.3, 0.4) is 0 Å².